The molecule has 5 nitrogen and oxygen atoms in total. The summed E-state index contributed by atoms with van der Waals surface area (Å²) in [7, 11) is -3.85. The molecular weight excluding hydrogens is 411 g/mol. The van der Waals surface area contributed by atoms with Crippen LogP contribution in [0.2, 0.25) is 0 Å². The lowest BCUT2D eigenvalue weighted by molar-refractivity contribution is -0.115. The Morgan fingerprint density at radius 1 is 0.966 bits per heavy atom. The van der Waals surface area contributed by atoms with Gasteiger partial charge in [-0.1, -0.05) is 30.3 Å². The van der Waals surface area contributed by atoms with Gasteiger partial charge in [0.05, 0.1) is 10.6 Å². The zero-order valence-electron chi connectivity index (χ0n) is 15.2. The van der Waals surface area contributed by atoms with Crippen molar-refractivity contribution in [2.45, 2.75) is 10.3 Å². The summed E-state index contributed by atoms with van der Waals surface area (Å²) in [6.07, 6.45) is 0. The molecule has 0 radical (unpaired) electrons. The Morgan fingerprint density at radius 2 is 1.69 bits per heavy atom. The minimum Gasteiger partial charge on any atom is -0.295 e. The molecular formula is C21H17FN2O3S2. The van der Waals surface area contributed by atoms with E-state index in [1.807, 2.05) is 36.4 Å². The molecule has 8 heteroatoms. The molecule has 0 spiro atoms. The number of amides is 1. The van der Waals surface area contributed by atoms with Crippen LogP contribution in [0.15, 0.2) is 83.8 Å². The highest BCUT2D eigenvalue weighted by Crippen LogP contribution is 2.42. The van der Waals surface area contributed by atoms with E-state index in [1.54, 1.807) is 23.1 Å². The quantitative estimate of drug-likeness (QED) is 0.654. The summed E-state index contributed by atoms with van der Waals surface area (Å²) in [5, 5.41) is -0.250. The number of anilines is 2. The van der Waals surface area contributed by atoms with Crippen molar-refractivity contribution in [3.05, 3.63) is 90.2 Å². The first-order valence-corrected chi connectivity index (χ1v) is 11.3. The lowest BCUT2D eigenvalue weighted by Crippen LogP contribution is -2.27. The number of para-hydroxylation sites is 1. The molecule has 29 heavy (non-hydrogen) atoms. The third-order valence-corrected chi connectivity index (χ3v) is 7.06. The molecule has 1 atom stereocenters. The lowest BCUT2D eigenvalue weighted by Gasteiger charge is -2.24. The van der Waals surface area contributed by atoms with Crippen LogP contribution in [0, 0.1) is 5.82 Å². The molecule has 0 bridgehead atoms. The van der Waals surface area contributed by atoms with Crippen LogP contribution >= 0.6 is 11.8 Å². The van der Waals surface area contributed by atoms with E-state index < -0.39 is 15.8 Å². The number of carbonyl (C=O) groups excluding carboxylic acids is 1. The number of sulfonamides is 1. The van der Waals surface area contributed by atoms with E-state index in [1.165, 1.54) is 23.9 Å². The maximum atomic E-state index is 13.1. The smallest absolute Gasteiger partial charge is 0.261 e. The maximum absolute atomic E-state index is 13.1. The molecule has 0 aliphatic carbocycles. The van der Waals surface area contributed by atoms with Gasteiger partial charge in [-0.25, -0.2) is 12.8 Å². The normalized spacial score (nSPS) is 16.8. The van der Waals surface area contributed by atoms with Gasteiger partial charge in [0.2, 0.25) is 5.91 Å². The van der Waals surface area contributed by atoms with Gasteiger partial charge in [-0.2, -0.15) is 0 Å². The van der Waals surface area contributed by atoms with Gasteiger partial charge in [0.1, 0.15) is 11.2 Å². The van der Waals surface area contributed by atoms with Gasteiger partial charge in [0.25, 0.3) is 10.0 Å². The fourth-order valence-corrected chi connectivity index (χ4v) is 5.34. The van der Waals surface area contributed by atoms with Crippen LogP contribution in [-0.2, 0) is 14.8 Å². The van der Waals surface area contributed by atoms with Crippen molar-refractivity contribution in [1.29, 1.82) is 0 Å². The summed E-state index contributed by atoms with van der Waals surface area (Å²) in [6.45, 7) is 0. The molecule has 4 rings (SSSR count). The number of hydrogen-bond acceptors (Lipinski definition) is 4. The van der Waals surface area contributed by atoms with Crippen LogP contribution < -0.4 is 9.62 Å². The first kappa shape index (κ1) is 19.5. The molecule has 148 valence electrons. The largest absolute Gasteiger partial charge is 0.295 e. The number of thioether (sulfide) groups is 1. The SMILES string of the molecule is O=C1CSC(c2cccc(NS(=O)(=O)c3ccc(F)cc3)c2)N1c1ccccc1. The Morgan fingerprint density at radius 3 is 2.41 bits per heavy atom. The topological polar surface area (TPSA) is 66.5 Å². The molecule has 1 fully saturated rings. The standard InChI is InChI=1S/C21H17FN2O3S2/c22-16-9-11-19(12-10-16)29(26,27)23-17-6-4-5-15(13-17)21-24(20(25)14-28-21)18-7-2-1-3-8-18/h1-13,21,23H,14H2. The summed E-state index contributed by atoms with van der Waals surface area (Å²) in [6, 6.07) is 21.0. The van der Waals surface area contributed by atoms with Crippen LogP contribution in [0.4, 0.5) is 15.8 Å². The zero-order chi connectivity index (χ0) is 20.4. The van der Waals surface area contributed by atoms with Crippen molar-refractivity contribution < 1.29 is 17.6 Å². The molecule has 1 saturated heterocycles. The van der Waals surface area contributed by atoms with Crippen LogP contribution in [-0.4, -0.2) is 20.1 Å². The van der Waals surface area contributed by atoms with Gasteiger partial charge in [-0.05, 0) is 54.1 Å². The van der Waals surface area contributed by atoms with E-state index in [2.05, 4.69) is 4.72 Å². The van der Waals surface area contributed by atoms with Crippen molar-refractivity contribution in [1.82, 2.24) is 0 Å². The summed E-state index contributed by atoms with van der Waals surface area (Å²) >= 11 is 1.49. The number of carbonyl (C=O) groups is 1. The summed E-state index contributed by atoms with van der Waals surface area (Å²) in [5.74, 6) is -0.149. The Balaban J connectivity index is 1.62. The fourth-order valence-electron chi connectivity index (χ4n) is 3.12. The monoisotopic (exact) mass is 428 g/mol. The van der Waals surface area contributed by atoms with Crippen molar-refractivity contribution in [2.75, 3.05) is 15.4 Å². The van der Waals surface area contributed by atoms with E-state index in [9.17, 15) is 17.6 Å². The van der Waals surface area contributed by atoms with Crippen LogP contribution in [0.1, 0.15) is 10.9 Å². The number of halogens is 1. The Bertz CT molecular complexity index is 1140. The highest BCUT2D eigenvalue weighted by Gasteiger charge is 2.34. The average Bonchev–Trinajstić information content (AvgIpc) is 3.10. The van der Waals surface area contributed by atoms with Crippen LogP contribution in [0.3, 0.4) is 0 Å². The predicted octanol–water partition coefficient (Wildman–Crippen LogP) is 4.41. The highest BCUT2D eigenvalue weighted by molar-refractivity contribution is 8.00. The Hall–Kier alpha value is -2.84. The molecule has 1 aliphatic heterocycles. The fraction of sp³-hybridized carbons (Fsp3) is 0.0952. The Labute approximate surface area is 172 Å². The minimum atomic E-state index is -3.85. The summed E-state index contributed by atoms with van der Waals surface area (Å²) < 4.78 is 40.8. The minimum absolute atomic E-state index is 0.00324. The number of nitrogens with one attached hydrogen (secondary N) is 1. The maximum Gasteiger partial charge on any atom is 0.261 e. The first-order valence-electron chi connectivity index (χ1n) is 8.81. The third-order valence-electron chi connectivity index (χ3n) is 4.45. The second-order valence-electron chi connectivity index (χ2n) is 6.45. The van der Waals surface area contributed by atoms with Gasteiger partial charge < -0.3 is 0 Å². The molecule has 3 aromatic rings. The van der Waals surface area contributed by atoms with Crippen molar-refractivity contribution in [3.8, 4) is 0 Å². The molecule has 1 unspecified atom stereocenters. The van der Waals surface area contributed by atoms with E-state index in [0.717, 1.165) is 23.4 Å². The van der Waals surface area contributed by atoms with E-state index in [0.29, 0.717) is 11.4 Å². The number of nitrogens with zero attached hydrogens (tertiary/aromatic N) is 1. The van der Waals surface area contributed by atoms with Crippen molar-refractivity contribution in [3.63, 3.8) is 0 Å². The number of hydrogen-bond donors (Lipinski definition) is 1. The first-order chi connectivity index (χ1) is 13.9. The van der Waals surface area contributed by atoms with Gasteiger partial charge in [-0.3, -0.25) is 14.4 Å². The molecule has 0 saturated carbocycles. The second kappa shape index (κ2) is 7.88. The van der Waals surface area contributed by atoms with Crippen LogP contribution in [0.5, 0.6) is 0 Å². The van der Waals surface area contributed by atoms with Gasteiger partial charge in [0, 0.05) is 11.4 Å². The molecule has 1 amide bonds. The predicted molar refractivity (Wildman–Crippen MR) is 113 cm³/mol. The van der Waals surface area contributed by atoms with Gasteiger partial charge in [-0.15, -0.1) is 11.8 Å². The number of rotatable bonds is 5. The molecule has 1 N–H and O–H groups in total. The molecule has 3 aromatic carbocycles. The van der Waals surface area contributed by atoms with E-state index >= 15 is 0 Å². The average molecular weight is 429 g/mol. The molecule has 1 heterocycles. The third kappa shape index (κ3) is 4.13. The van der Waals surface area contributed by atoms with Gasteiger partial charge >= 0.3 is 0 Å². The zero-order valence-corrected chi connectivity index (χ0v) is 16.8. The Kier molecular flexibility index (Phi) is 5.29. The van der Waals surface area contributed by atoms with Crippen molar-refractivity contribution >= 4 is 39.1 Å². The van der Waals surface area contributed by atoms with E-state index in [4.69, 9.17) is 0 Å². The summed E-state index contributed by atoms with van der Waals surface area (Å²) in [5.41, 5.74) is 1.98. The second-order valence-corrected chi connectivity index (χ2v) is 9.20. The van der Waals surface area contributed by atoms with Gasteiger partial charge in [0.15, 0.2) is 0 Å². The van der Waals surface area contributed by atoms with Crippen LogP contribution in [0.25, 0.3) is 0 Å². The molecule has 0 aromatic heterocycles. The van der Waals surface area contributed by atoms with Crippen molar-refractivity contribution in [2.24, 2.45) is 0 Å². The molecule has 1 aliphatic rings. The summed E-state index contributed by atoms with van der Waals surface area (Å²) in [4.78, 5) is 14.1. The highest BCUT2D eigenvalue weighted by atomic mass is 32.2. The lowest BCUT2D eigenvalue weighted by atomic mass is 10.1. The number of benzene rings is 3. The van der Waals surface area contributed by atoms with E-state index in [-0.39, 0.29) is 16.2 Å².